The van der Waals surface area contributed by atoms with Crippen molar-refractivity contribution in [2.45, 2.75) is 13.3 Å². The van der Waals surface area contributed by atoms with Gasteiger partial charge < -0.3 is 5.32 Å². The second-order valence-electron chi connectivity index (χ2n) is 2.22. The Hall–Kier alpha value is -0.960. The van der Waals surface area contributed by atoms with Crippen molar-refractivity contribution in [3.63, 3.8) is 0 Å². The van der Waals surface area contributed by atoms with Gasteiger partial charge in [0.2, 0.25) is 0 Å². The number of hydrogen-bond acceptors (Lipinski definition) is 3. The largest absolute Gasteiger partial charge is 0.313 e. The zero-order chi connectivity index (χ0) is 8.53. The van der Waals surface area contributed by atoms with Gasteiger partial charge in [-0.05, 0) is 13.0 Å². The first-order chi connectivity index (χ1) is 5.27. The number of allylic oxidation sites excluding steroid dienone is 1. The maximum absolute atomic E-state index is 10.4. The SMILES string of the molecule is CC(=O)CCNC/C=C\C=O. The van der Waals surface area contributed by atoms with Crippen molar-refractivity contribution >= 4 is 12.1 Å². The lowest BCUT2D eigenvalue weighted by Gasteiger charge is -1.96. The lowest BCUT2D eigenvalue weighted by atomic mass is 10.3. The molecular weight excluding hydrogens is 142 g/mol. The van der Waals surface area contributed by atoms with Crippen molar-refractivity contribution in [3.8, 4) is 0 Å². The number of nitrogens with one attached hydrogen (secondary N) is 1. The van der Waals surface area contributed by atoms with Gasteiger partial charge in [0.25, 0.3) is 0 Å². The standard InChI is InChI=1S/C8H13NO2/c1-8(11)4-6-9-5-2-3-7-10/h2-3,7,9H,4-6H2,1H3/b3-2-. The van der Waals surface area contributed by atoms with Crippen LogP contribution in [-0.2, 0) is 9.59 Å². The van der Waals surface area contributed by atoms with Gasteiger partial charge in [-0.2, -0.15) is 0 Å². The Balaban J connectivity index is 3.08. The Morgan fingerprint density at radius 1 is 1.55 bits per heavy atom. The second-order valence-corrected chi connectivity index (χ2v) is 2.22. The third-order valence-corrected chi connectivity index (χ3v) is 1.13. The molecule has 3 heteroatoms. The molecule has 0 spiro atoms. The van der Waals surface area contributed by atoms with Gasteiger partial charge in [0.05, 0.1) is 0 Å². The molecule has 0 unspecified atom stereocenters. The molecule has 0 heterocycles. The molecule has 62 valence electrons. The van der Waals surface area contributed by atoms with Gasteiger partial charge in [-0.1, -0.05) is 6.08 Å². The molecular formula is C8H13NO2. The van der Waals surface area contributed by atoms with Gasteiger partial charge in [-0.25, -0.2) is 0 Å². The van der Waals surface area contributed by atoms with Gasteiger partial charge in [0, 0.05) is 19.5 Å². The van der Waals surface area contributed by atoms with Crippen LogP contribution in [0.2, 0.25) is 0 Å². The molecule has 0 aromatic carbocycles. The number of rotatable bonds is 6. The molecule has 0 aromatic heterocycles. The second kappa shape index (κ2) is 7.15. The van der Waals surface area contributed by atoms with Crippen molar-refractivity contribution < 1.29 is 9.59 Å². The quantitative estimate of drug-likeness (QED) is 0.341. The van der Waals surface area contributed by atoms with Crippen LogP contribution in [0, 0.1) is 0 Å². The van der Waals surface area contributed by atoms with Gasteiger partial charge in [-0.15, -0.1) is 0 Å². The number of aldehydes is 1. The molecule has 0 amide bonds. The number of carbonyl (C=O) groups is 2. The molecule has 0 aromatic rings. The highest BCUT2D eigenvalue weighted by atomic mass is 16.1. The average molecular weight is 155 g/mol. The molecule has 3 nitrogen and oxygen atoms in total. The van der Waals surface area contributed by atoms with Crippen LogP contribution in [-0.4, -0.2) is 25.2 Å². The number of ketones is 1. The molecule has 1 N–H and O–H groups in total. The summed E-state index contributed by atoms with van der Waals surface area (Å²) in [4.78, 5) is 20.2. The molecule has 0 rings (SSSR count). The van der Waals surface area contributed by atoms with Crippen LogP contribution >= 0.6 is 0 Å². The van der Waals surface area contributed by atoms with E-state index >= 15 is 0 Å². The van der Waals surface area contributed by atoms with E-state index in [1.807, 2.05) is 0 Å². The lowest BCUT2D eigenvalue weighted by Crippen LogP contribution is -2.17. The monoisotopic (exact) mass is 155 g/mol. The van der Waals surface area contributed by atoms with Crippen LogP contribution in [0.4, 0.5) is 0 Å². The van der Waals surface area contributed by atoms with E-state index in [4.69, 9.17) is 0 Å². The predicted octanol–water partition coefficient (Wildman–Crippen LogP) is 0.310. The van der Waals surface area contributed by atoms with Crippen LogP contribution in [0.25, 0.3) is 0 Å². The Morgan fingerprint density at radius 3 is 2.82 bits per heavy atom. The Bertz CT molecular complexity index is 152. The minimum atomic E-state index is 0.178. The first-order valence-electron chi connectivity index (χ1n) is 3.58. The first-order valence-corrected chi connectivity index (χ1v) is 3.58. The summed E-state index contributed by atoms with van der Waals surface area (Å²) in [5.74, 6) is 0.178. The van der Waals surface area contributed by atoms with Crippen molar-refractivity contribution in [1.82, 2.24) is 5.32 Å². The number of Topliss-reactive ketones (excluding diaryl/α,β-unsaturated/α-hetero) is 1. The highest BCUT2D eigenvalue weighted by Crippen LogP contribution is 1.77. The fourth-order valence-electron chi connectivity index (χ4n) is 0.573. The summed E-state index contributed by atoms with van der Waals surface area (Å²) >= 11 is 0. The summed E-state index contributed by atoms with van der Waals surface area (Å²) < 4.78 is 0. The Morgan fingerprint density at radius 2 is 2.27 bits per heavy atom. The number of carbonyl (C=O) groups excluding carboxylic acids is 2. The molecule has 0 radical (unpaired) electrons. The lowest BCUT2D eigenvalue weighted by molar-refractivity contribution is -0.116. The Labute approximate surface area is 66.5 Å². The third kappa shape index (κ3) is 9.04. The highest BCUT2D eigenvalue weighted by molar-refractivity contribution is 5.75. The Kier molecular flexibility index (Phi) is 6.53. The summed E-state index contributed by atoms with van der Waals surface area (Å²) in [5, 5.41) is 2.99. The molecule has 0 aliphatic carbocycles. The van der Waals surface area contributed by atoms with Crippen LogP contribution in [0.15, 0.2) is 12.2 Å². The van der Waals surface area contributed by atoms with E-state index in [-0.39, 0.29) is 5.78 Å². The smallest absolute Gasteiger partial charge is 0.142 e. The van der Waals surface area contributed by atoms with Gasteiger partial charge in [-0.3, -0.25) is 9.59 Å². The maximum Gasteiger partial charge on any atom is 0.142 e. The van der Waals surface area contributed by atoms with E-state index in [0.29, 0.717) is 19.5 Å². The molecule has 11 heavy (non-hydrogen) atoms. The molecule has 0 saturated carbocycles. The van der Waals surface area contributed by atoms with Crippen molar-refractivity contribution in [3.05, 3.63) is 12.2 Å². The molecule has 0 saturated heterocycles. The first kappa shape index (κ1) is 10.0. The predicted molar refractivity (Wildman–Crippen MR) is 43.4 cm³/mol. The van der Waals surface area contributed by atoms with Crippen LogP contribution in [0.3, 0.4) is 0 Å². The summed E-state index contributed by atoms with van der Waals surface area (Å²) in [7, 11) is 0. The van der Waals surface area contributed by atoms with Gasteiger partial charge >= 0.3 is 0 Å². The van der Waals surface area contributed by atoms with Crippen LogP contribution < -0.4 is 5.32 Å². The molecule has 0 atom stereocenters. The summed E-state index contributed by atoms with van der Waals surface area (Å²) in [6.45, 7) is 2.88. The highest BCUT2D eigenvalue weighted by Gasteiger charge is 1.89. The average Bonchev–Trinajstić information content (AvgIpc) is 1.96. The van der Waals surface area contributed by atoms with E-state index in [1.165, 1.54) is 6.08 Å². The number of hydrogen-bond donors (Lipinski definition) is 1. The van der Waals surface area contributed by atoms with E-state index < -0.39 is 0 Å². The van der Waals surface area contributed by atoms with Crippen LogP contribution in [0.5, 0.6) is 0 Å². The zero-order valence-electron chi connectivity index (χ0n) is 6.67. The van der Waals surface area contributed by atoms with Crippen molar-refractivity contribution in [1.29, 1.82) is 0 Å². The fourth-order valence-corrected chi connectivity index (χ4v) is 0.573. The molecule has 0 bridgehead atoms. The van der Waals surface area contributed by atoms with Gasteiger partial charge in [0.15, 0.2) is 0 Å². The summed E-state index contributed by atoms with van der Waals surface area (Å²) in [6.07, 6.45) is 4.43. The molecule has 0 aliphatic rings. The summed E-state index contributed by atoms with van der Waals surface area (Å²) in [6, 6.07) is 0. The van der Waals surface area contributed by atoms with Crippen molar-refractivity contribution in [2.24, 2.45) is 0 Å². The molecule has 0 fully saturated rings. The van der Waals surface area contributed by atoms with E-state index in [2.05, 4.69) is 5.32 Å². The topological polar surface area (TPSA) is 46.2 Å². The van der Waals surface area contributed by atoms with Crippen LogP contribution in [0.1, 0.15) is 13.3 Å². The summed E-state index contributed by atoms with van der Waals surface area (Å²) in [5.41, 5.74) is 0. The van der Waals surface area contributed by atoms with Crippen molar-refractivity contribution in [2.75, 3.05) is 13.1 Å². The minimum Gasteiger partial charge on any atom is -0.313 e. The molecule has 0 aliphatic heterocycles. The fraction of sp³-hybridized carbons (Fsp3) is 0.500. The van der Waals surface area contributed by atoms with E-state index in [0.717, 1.165) is 6.29 Å². The van der Waals surface area contributed by atoms with E-state index in [1.54, 1.807) is 13.0 Å². The van der Waals surface area contributed by atoms with E-state index in [9.17, 15) is 9.59 Å². The third-order valence-electron chi connectivity index (χ3n) is 1.13. The van der Waals surface area contributed by atoms with Gasteiger partial charge in [0.1, 0.15) is 12.1 Å². The zero-order valence-corrected chi connectivity index (χ0v) is 6.67. The minimum absolute atomic E-state index is 0.178. The normalized spacial score (nSPS) is 10.3. The maximum atomic E-state index is 10.4.